The SMILES string of the molecule is COc1cc(/C=C/C(=O)N2CCCN(S(=O)(=O)c3cnn(C)c3)CC2)cc(OC)c1OC. The average Bonchev–Trinajstić information content (AvgIpc) is 3.08. The van der Waals surface area contributed by atoms with Crippen molar-refractivity contribution in [1.82, 2.24) is 19.0 Å². The number of sulfonamides is 1. The first kappa shape index (κ1) is 23.6. The summed E-state index contributed by atoms with van der Waals surface area (Å²) < 4.78 is 44.5. The van der Waals surface area contributed by atoms with Crippen molar-refractivity contribution in [2.75, 3.05) is 47.5 Å². The second-order valence-electron chi connectivity index (χ2n) is 7.22. The third-order valence-electron chi connectivity index (χ3n) is 5.19. The molecule has 1 aliphatic rings. The summed E-state index contributed by atoms with van der Waals surface area (Å²) in [6, 6.07) is 3.49. The molecule has 11 heteroatoms. The maximum absolute atomic E-state index is 12.8. The van der Waals surface area contributed by atoms with E-state index in [0.717, 1.165) is 0 Å². The number of ether oxygens (including phenoxy) is 3. The Bertz CT molecular complexity index is 1070. The van der Waals surface area contributed by atoms with Gasteiger partial charge in [-0.1, -0.05) is 0 Å². The van der Waals surface area contributed by atoms with Gasteiger partial charge in [0.05, 0.1) is 27.5 Å². The van der Waals surface area contributed by atoms with E-state index in [1.807, 2.05) is 0 Å². The Morgan fingerprint density at radius 2 is 1.72 bits per heavy atom. The Kier molecular flexibility index (Phi) is 7.41. The molecular formula is C21H28N4O6S. The fraction of sp³-hybridized carbons (Fsp3) is 0.429. The lowest BCUT2D eigenvalue weighted by atomic mass is 10.1. The zero-order chi connectivity index (χ0) is 23.3. The Hall–Kier alpha value is -3.05. The van der Waals surface area contributed by atoms with Crippen molar-refractivity contribution >= 4 is 22.0 Å². The van der Waals surface area contributed by atoms with Crippen LogP contribution in [-0.4, -0.2) is 80.8 Å². The van der Waals surface area contributed by atoms with E-state index in [0.29, 0.717) is 48.9 Å². The predicted octanol–water partition coefficient (Wildman–Crippen LogP) is 1.38. The van der Waals surface area contributed by atoms with E-state index in [-0.39, 0.29) is 17.3 Å². The molecule has 32 heavy (non-hydrogen) atoms. The van der Waals surface area contributed by atoms with Crippen molar-refractivity contribution in [3.05, 3.63) is 36.2 Å². The number of nitrogens with zero attached hydrogens (tertiary/aromatic N) is 4. The number of aryl methyl sites for hydroxylation is 1. The number of carbonyl (C=O) groups is 1. The zero-order valence-corrected chi connectivity index (χ0v) is 19.5. The maximum atomic E-state index is 12.8. The smallest absolute Gasteiger partial charge is 0.246 e. The van der Waals surface area contributed by atoms with E-state index in [4.69, 9.17) is 14.2 Å². The van der Waals surface area contributed by atoms with Crippen LogP contribution in [0.1, 0.15) is 12.0 Å². The molecule has 0 bridgehead atoms. The van der Waals surface area contributed by atoms with Crippen LogP contribution in [-0.2, 0) is 21.9 Å². The molecule has 10 nitrogen and oxygen atoms in total. The summed E-state index contributed by atoms with van der Waals surface area (Å²) in [5.74, 6) is 1.26. The van der Waals surface area contributed by atoms with Crippen LogP contribution in [0.2, 0.25) is 0 Å². The number of benzene rings is 1. The van der Waals surface area contributed by atoms with E-state index in [2.05, 4.69) is 5.10 Å². The zero-order valence-electron chi connectivity index (χ0n) is 18.6. The predicted molar refractivity (Wildman–Crippen MR) is 118 cm³/mol. The number of methoxy groups -OCH3 is 3. The molecule has 3 rings (SSSR count). The van der Waals surface area contributed by atoms with Crippen molar-refractivity contribution in [3.63, 3.8) is 0 Å². The van der Waals surface area contributed by atoms with E-state index >= 15 is 0 Å². The van der Waals surface area contributed by atoms with Crippen molar-refractivity contribution in [1.29, 1.82) is 0 Å². The number of hydrogen-bond acceptors (Lipinski definition) is 7. The summed E-state index contributed by atoms with van der Waals surface area (Å²) in [6.45, 7) is 1.34. The van der Waals surface area contributed by atoms with Gasteiger partial charge in [-0.25, -0.2) is 8.42 Å². The van der Waals surface area contributed by atoms with Gasteiger partial charge in [0.25, 0.3) is 0 Å². The first-order chi connectivity index (χ1) is 15.3. The minimum Gasteiger partial charge on any atom is -0.493 e. The van der Waals surface area contributed by atoms with E-state index < -0.39 is 10.0 Å². The molecular weight excluding hydrogens is 436 g/mol. The summed E-state index contributed by atoms with van der Waals surface area (Å²) in [5.41, 5.74) is 0.712. The van der Waals surface area contributed by atoms with E-state index in [9.17, 15) is 13.2 Å². The Labute approximate surface area is 188 Å². The van der Waals surface area contributed by atoms with Crippen molar-refractivity contribution in [2.45, 2.75) is 11.3 Å². The number of rotatable bonds is 7. The van der Waals surface area contributed by atoms with E-state index in [1.165, 1.54) is 48.8 Å². The third-order valence-corrected chi connectivity index (χ3v) is 7.04. The van der Waals surface area contributed by atoms with Crippen LogP contribution < -0.4 is 14.2 Å². The number of aromatic nitrogens is 2. The number of carbonyl (C=O) groups excluding carboxylic acids is 1. The summed E-state index contributed by atoms with van der Waals surface area (Å²) in [7, 11) is 2.61. The van der Waals surface area contributed by atoms with Gasteiger partial charge in [-0.15, -0.1) is 0 Å². The second kappa shape index (κ2) is 10.0. The third kappa shape index (κ3) is 5.05. The molecule has 2 heterocycles. The lowest BCUT2D eigenvalue weighted by Gasteiger charge is -2.20. The maximum Gasteiger partial charge on any atom is 0.246 e. The molecule has 0 spiro atoms. The first-order valence-corrected chi connectivity index (χ1v) is 11.5. The molecule has 1 aliphatic heterocycles. The standard InChI is InChI=1S/C21H28N4O6S/c1-23-15-17(14-22-23)32(27,28)25-9-5-8-24(10-11-25)20(26)7-6-16-12-18(29-2)21(31-4)19(13-16)30-3/h6-7,12-15H,5,8-11H2,1-4H3/b7-6+. The van der Waals surface area contributed by atoms with Gasteiger partial charge in [0.15, 0.2) is 11.5 Å². The number of hydrogen-bond donors (Lipinski definition) is 0. The monoisotopic (exact) mass is 464 g/mol. The summed E-state index contributed by atoms with van der Waals surface area (Å²) >= 11 is 0. The van der Waals surface area contributed by atoms with Gasteiger partial charge in [0.2, 0.25) is 21.7 Å². The molecule has 2 aromatic rings. The second-order valence-corrected chi connectivity index (χ2v) is 9.16. The highest BCUT2D eigenvalue weighted by Crippen LogP contribution is 2.38. The van der Waals surface area contributed by atoms with Crippen LogP contribution in [0.25, 0.3) is 6.08 Å². The van der Waals surface area contributed by atoms with E-state index in [1.54, 1.807) is 30.2 Å². The topological polar surface area (TPSA) is 103 Å². The van der Waals surface area contributed by atoms with Crippen molar-refractivity contribution < 1.29 is 27.4 Å². The molecule has 1 aromatic carbocycles. The van der Waals surface area contributed by atoms with Gasteiger partial charge < -0.3 is 19.1 Å². The molecule has 0 saturated carbocycles. The minimum atomic E-state index is -3.64. The van der Waals surface area contributed by atoms with Gasteiger partial charge in [-0.2, -0.15) is 9.40 Å². The minimum absolute atomic E-state index is 0.155. The molecule has 0 atom stereocenters. The first-order valence-electron chi connectivity index (χ1n) is 10.1. The lowest BCUT2D eigenvalue weighted by Crippen LogP contribution is -2.36. The molecule has 0 N–H and O–H groups in total. The lowest BCUT2D eigenvalue weighted by molar-refractivity contribution is -0.125. The Balaban J connectivity index is 1.70. The normalized spacial score (nSPS) is 15.6. The summed E-state index contributed by atoms with van der Waals surface area (Å²) in [6.07, 6.45) is 6.49. The van der Waals surface area contributed by atoms with Gasteiger partial charge in [0, 0.05) is 45.5 Å². The Morgan fingerprint density at radius 3 is 2.28 bits per heavy atom. The molecule has 1 fully saturated rings. The summed E-state index contributed by atoms with van der Waals surface area (Å²) in [4.78, 5) is 14.6. The highest BCUT2D eigenvalue weighted by atomic mass is 32.2. The van der Waals surface area contributed by atoms with Crippen LogP contribution in [0.5, 0.6) is 17.2 Å². The number of amides is 1. The van der Waals surface area contributed by atoms with Crippen LogP contribution >= 0.6 is 0 Å². The van der Waals surface area contributed by atoms with Crippen LogP contribution in [0.3, 0.4) is 0 Å². The van der Waals surface area contributed by atoms with Crippen molar-refractivity contribution in [3.8, 4) is 17.2 Å². The van der Waals surface area contributed by atoms with Gasteiger partial charge in [-0.3, -0.25) is 9.48 Å². The highest BCUT2D eigenvalue weighted by molar-refractivity contribution is 7.89. The average molecular weight is 465 g/mol. The van der Waals surface area contributed by atoms with Crippen molar-refractivity contribution in [2.24, 2.45) is 7.05 Å². The molecule has 1 aromatic heterocycles. The van der Waals surface area contributed by atoms with Gasteiger partial charge in [-0.05, 0) is 30.2 Å². The molecule has 1 saturated heterocycles. The molecule has 0 aliphatic carbocycles. The van der Waals surface area contributed by atoms with Crippen LogP contribution in [0.4, 0.5) is 0 Å². The fourth-order valence-corrected chi connectivity index (χ4v) is 4.96. The quantitative estimate of drug-likeness (QED) is 0.571. The molecule has 0 unspecified atom stereocenters. The molecule has 174 valence electrons. The Morgan fingerprint density at radius 1 is 1.03 bits per heavy atom. The molecule has 1 amide bonds. The summed E-state index contributed by atoms with van der Waals surface area (Å²) in [5, 5.41) is 3.94. The molecule has 0 radical (unpaired) electrons. The highest BCUT2D eigenvalue weighted by Gasteiger charge is 2.28. The largest absolute Gasteiger partial charge is 0.493 e. The van der Waals surface area contributed by atoms with Crippen LogP contribution in [0, 0.1) is 0 Å². The fourth-order valence-electron chi connectivity index (χ4n) is 3.51. The van der Waals surface area contributed by atoms with Crippen LogP contribution in [0.15, 0.2) is 35.5 Å². The van der Waals surface area contributed by atoms with Gasteiger partial charge >= 0.3 is 0 Å². The van der Waals surface area contributed by atoms with Gasteiger partial charge in [0.1, 0.15) is 4.90 Å².